The van der Waals surface area contributed by atoms with E-state index in [-0.39, 0.29) is 13.0 Å². The normalized spacial score (nSPS) is 17.7. The number of hydrogen-bond donors (Lipinski definition) is 1. The van der Waals surface area contributed by atoms with Crippen molar-refractivity contribution in [3.8, 4) is 11.5 Å². The Hall–Kier alpha value is -3.35. The maximum absolute atomic E-state index is 12.3. The minimum atomic E-state index is -1.73. The van der Waals surface area contributed by atoms with Crippen LogP contribution in [0.3, 0.4) is 0 Å². The Labute approximate surface area is 206 Å². The van der Waals surface area contributed by atoms with Crippen LogP contribution in [0, 0.1) is 0 Å². The molecular weight excluding hydrogens is 444 g/mol. The number of carbonyl (C=O) groups is 1. The van der Waals surface area contributed by atoms with Gasteiger partial charge in [0.1, 0.15) is 11.5 Å². The maximum atomic E-state index is 12.3. The van der Waals surface area contributed by atoms with E-state index in [9.17, 15) is 9.90 Å². The summed E-state index contributed by atoms with van der Waals surface area (Å²) in [5.41, 5.74) is 3.05. The number of aliphatic carboxylic acids is 1. The van der Waals surface area contributed by atoms with E-state index in [0.717, 1.165) is 29.5 Å². The third-order valence-corrected chi connectivity index (χ3v) is 5.99. The first kappa shape index (κ1) is 24.8. The number of fused-ring (bicyclic) bond motifs is 1. The van der Waals surface area contributed by atoms with Crippen molar-refractivity contribution in [2.45, 2.75) is 57.7 Å². The Morgan fingerprint density at radius 2 is 1.77 bits per heavy atom. The number of ether oxygens (including phenoxy) is 4. The Bertz CT molecular complexity index is 1080. The predicted molar refractivity (Wildman–Crippen MR) is 132 cm³/mol. The summed E-state index contributed by atoms with van der Waals surface area (Å²) in [6, 6.07) is 25.2. The molecule has 1 aliphatic rings. The molecule has 0 saturated heterocycles. The first-order valence-electron chi connectivity index (χ1n) is 12.1. The summed E-state index contributed by atoms with van der Waals surface area (Å²) in [6.07, 6.45) is 2.30. The molecule has 6 nitrogen and oxygen atoms in total. The smallest absolute Gasteiger partial charge is 0.377 e. The Morgan fingerprint density at radius 1 is 1.03 bits per heavy atom. The molecule has 1 heterocycles. The van der Waals surface area contributed by atoms with Gasteiger partial charge >= 0.3 is 11.8 Å². The standard InChI is InChI=1S/C29H32O6/c1-2-10-23-13-9-14-24-17-19-29(28(30)31,35-27(23)24)33-20-18-26(34-25-15-7-4-8-16-25)32-21-22-11-5-3-6-12-22/h3-9,11-16,26H,2,10,17-21H2,1H3,(H,30,31). The van der Waals surface area contributed by atoms with E-state index in [0.29, 0.717) is 30.9 Å². The molecule has 6 heteroatoms. The van der Waals surface area contributed by atoms with Gasteiger partial charge in [0.15, 0.2) is 0 Å². The zero-order valence-corrected chi connectivity index (χ0v) is 20.0. The monoisotopic (exact) mass is 476 g/mol. The van der Waals surface area contributed by atoms with Gasteiger partial charge in [0.25, 0.3) is 0 Å². The second-order valence-corrected chi connectivity index (χ2v) is 8.61. The van der Waals surface area contributed by atoms with Crippen molar-refractivity contribution in [2.75, 3.05) is 6.61 Å². The molecule has 3 aromatic carbocycles. The summed E-state index contributed by atoms with van der Waals surface area (Å²) in [7, 11) is 0. The summed E-state index contributed by atoms with van der Waals surface area (Å²) >= 11 is 0. The molecule has 184 valence electrons. The molecule has 3 aromatic rings. The highest BCUT2D eigenvalue weighted by atomic mass is 16.7. The highest BCUT2D eigenvalue weighted by Crippen LogP contribution is 2.37. The number of carboxylic acids is 1. The lowest BCUT2D eigenvalue weighted by Crippen LogP contribution is -2.50. The van der Waals surface area contributed by atoms with E-state index in [1.807, 2.05) is 78.9 Å². The van der Waals surface area contributed by atoms with Crippen molar-refractivity contribution < 1.29 is 28.8 Å². The zero-order valence-electron chi connectivity index (χ0n) is 20.0. The molecular formula is C29H32O6. The number of rotatable bonds is 12. The quantitative estimate of drug-likeness (QED) is 0.334. The van der Waals surface area contributed by atoms with Crippen LogP contribution < -0.4 is 9.47 Å². The molecule has 1 N–H and O–H groups in total. The van der Waals surface area contributed by atoms with Crippen LogP contribution in [0.15, 0.2) is 78.9 Å². The molecule has 0 aromatic heterocycles. The lowest BCUT2D eigenvalue weighted by Gasteiger charge is -2.36. The first-order valence-corrected chi connectivity index (χ1v) is 12.1. The molecule has 2 atom stereocenters. The van der Waals surface area contributed by atoms with Crippen molar-refractivity contribution in [2.24, 2.45) is 0 Å². The average molecular weight is 477 g/mol. The number of para-hydroxylation sites is 2. The van der Waals surface area contributed by atoms with Crippen LogP contribution in [-0.4, -0.2) is 29.8 Å². The fourth-order valence-electron chi connectivity index (χ4n) is 4.17. The van der Waals surface area contributed by atoms with Crippen LogP contribution in [0.4, 0.5) is 0 Å². The van der Waals surface area contributed by atoms with Crippen molar-refractivity contribution >= 4 is 5.97 Å². The number of benzene rings is 3. The third kappa shape index (κ3) is 6.41. The van der Waals surface area contributed by atoms with Crippen molar-refractivity contribution in [3.63, 3.8) is 0 Å². The van der Waals surface area contributed by atoms with Crippen LogP contribution in [0.2, 0.25) is 0 Å². The Morgan fingerprint density at radius 3 is 2.49 bits per heavy atom. The van der Waals surface area contributed by atoms with Gasteiger partial charge in [-0.15, -0.1) is 0 Å². The number of aryl methyl sites for hydroxylation is 2. The van der Waals surface area contributed by atoms with Crippen LogP contribution in [0.5, 0.6) is 11.5 Å². The lowest BCUT2D eigenvalue weighted by atomic mass is 9.95. The molecule has 0 bridgehead atoms. The van der Waals surface area contributed by atoms with E-state index in [1.54, 1.807) is 0 Å². The molecule has 0 spiro atoms. The highest BCUT2D eigenvalue weighted by Gasteiger charge is 2.46. The summed E-state index contributed by atoms with van der Waals surface area (Å²) in [6.45, 7) is 2.56. The van der Waals surface area contributed by atoms with Gasteiger partial charge in [-0.2, -0.15) is 0 Å². The van der Waals surface area contributed by atoms with Crippen molar-refractivity contribution in [1.29, 1.82) is 0 Å². The van der Waals surface area contributed by atoms with Gasteiger partial charge < -0.3 is 24.1 Å². The lowest BCUT2D eigenvalue weighted by molar-refractivity contribution is -0.223. The van der Waals surface area contributed by atoms with Crippen LogP contribution in [0.25, 0.3) is 0 Å². The van der Waals surface area contributed by atoms with E-state index >= 15 is 0 Å². The molecule has 1 aliphatic heterocycles. The van der Waals surface area contributed by atoms with Gasteiger partial charge in [0.05, 0.1) is 13.2 Å². The SMILES string of the molecule is CCCc1cccc2c1OC(OCCC(OCc1ccccc1)Oc1ccccc1)(C(=O)O)CC2. The summed E-state index contributed by atoms with van der Waals surface area (Å²) in [4.78, 5) is 12.3. The topological polar surface area (TPSA) is 74.2 Å². The van der Waals surface area contributed by atoms with E-state index in [4.69, 9.17) is 18.9 Å². The average Bonchev–Trinajstić information content (AvgIpc) is 2.89. The first-order chi connectivity index (χ1) is 17.1. The molecule has 4 rings (SSSR count). The second kappa shape index (κ2) is 11.9. The minimum absolute atomic E-state index is 0.101. The largest absolute Gasteiger partial charge is 0.476 e. The van der Waals surface area contributed by atoms with E-state index in [1.165, 1.54) is 0 Å². The Kier molecular flexibility index (Phi) is 8.40. The molecule has 0 amide bonds. The molecule has 35 heavy (non-hydrogen) atoms. The van der Waals surface area contributed by atoms with Crippen LogP contribution >= 0.6 is 0 Å². The highest BCUT2D eigenvalue weighted by molar-refractivity contribution is 5.77. The zero-order chi connectivity index (χ0) is 24.5. The van der Waals surface area contributed by atoms with Gasteiger partial charge in [-0.25, -0.2) is 4.79 Å². The van der Waals surface area contributed by atoms with E-state index in [2.05, 4.69) is 6.92 Å². The summed E-state index contributed by atoms with van der Waals surface area (Å²) in [5.74, 6) is -1.54. The minimum Gasteiger partial charge on any atom is -0.476 e. The van der Waals surface area contributed by atoms with Crippen molar-refractivity contribution in [3.05, 3.63) is 95.6 Å². The predicted octanol–water partition coefficient (Wildman–Crippen LogP) is 5.77. The number of carboxylic acid groups (broad SMARTS) is 1. The molecule has 0 fully saturated rings. The number of hydrogen-bond acceptors (Lipinski definition) is 5. The van der Waals surface area contributed by atoms with Crippen molar-refractivity contribution in [1.82, 2.24) is 0 Å². The van der Waals surface area contributed by atoms with Crippen LogP contribution in [-0.2, 0) is 33.7 Å². The van der Waals surface area contributed by atoms with Crippen LogP contribution in [0.1, 0.15) is 42.9 Å². The maximum Gasteiger partial charge on any atom is 0.377 e. The Balaban J connectivity index is 1.44. The second-order valence-electron chi connectivity index (χ2n) is 8.61. The molecule has 0 radical (unpaired) electrons. The third-order valence-electron chi connectivity index (χ3n) is 5.99. The van der Waals surface area contributed by atoms with Gasteiger partial charge in [0.2, 0.25) is 6.29 Å². The fraction of sp³-hybridized carbons (Fsp3) is 0.345. The van der Waals surface area contributed by atoms with Gasteiger partial charge in [-0.05, 0) is 41.7 Å². The molecule has 0 saturated carbocycles. The van der Waals surface area contributed by atoms with Gasteiger partial charge in [0, 0.05) is 12.8 Å². The summed E-state index contributed by atoms with van der Waals surface area (Å²) in [5, 5.41) is 10.1. The molecule has 0 aliphatic carbocycles. The summed E-state index contributed by atoms with van der Waals surface area (Å²) < 4.78 is 24.1. The van der Waals surface area contributed by atoms with Gasteiger partial charge in [-0.1, -0.05) is 80.1 Å². The van der Waals surface area contributed by atoms with Gasteiger partial charge in [-0.3, -0.25) is 0 Å². The fourth-order valence-corrected chi connectivity index (χ4v) is 4.17. The van der Waals surface area contributed by atoms with E-state index < -0.39 is 18.0 Å². The molecule has 2 unspecified atom stereocenters.